The number of anilines is 1. The minimum absolute atomic E-state index is 0.154. The van der Waals surface area contributed by atoms with E-state index in [1.807, 2.05) is 19.9 Å². The molecule has 0 aromatic heterocycles. The third-order valence-corrected chi connectivity index (χ3v) is 3.66. The zero-order chi connectivity index (χ0) is 19.1. The second-order valence-electron chi connectivity index (χ2n) is 5.89. The molecule has 7 nitrogen and oxygen atoms in total. The standard InChI is InChI=1S/C17H25ClN4O3/c1-7-25-17(24)20-15(21(4)5)22(6)16(23)19-12-8-9-13(11(2)3)14(18)10-12/h8-11H,7H2,1-6H3,(H,19,23). The molecule has 0 bridgehead atoms. The number of halogens is 1. The van der Waals surface area contributed by atoms with Crippen molar-refractivity contribution in [3.63, 3.8) is 0 Å². The molecule has 0 aliphatic rings. The van der Waals surface area contributed by atoms with Crippen LogP contribution >= 0.6 is 11.6 Å². The van der Waals surface area contributed by atoms with Crippen LogP contribution in [0.3, 0.4) is 0 Å². The zero-order valence-electron chi connectivity index (χ0n) is 15.5. The van der Waals surface area contributed by atoms with Crippen molar-refractivity contribution in [3.05, 3.63) is 28.8 Å². The van der Waals surface area contributed by atoms with Crippen LogP contribution in [0.5, 0.6) is 0 Å². The molecule has 8 heteroatoms. The Labute approximate surface area is 153 Å². The van der Waals surface area contributed by atoms with Gasteiger partial charge in [0.2, 0.25) is 5.96 Å². The van der Waals surface area contributed by atoms with Crippen molar-refractivity contribution in [2.45, 2.75) is 26.7 Å². The fraction of sp³-hybridized carbons (Fsp3) is 0.471. The van der Waals surface area contributed by atoms with Gasteiger partial charge in [-0.1, -0.05) is 31.5 Å². The maximum atomic E-state index is 12.4. The molecular weight excluding hydrogens is 344 g/mol. The second-order valence-corrected chi connectivity index (χ2v) is 6.29. The Hall–Kier alpha value is -2.28. The van der Waals surface area contributed by atoms with Crippen molar-refractivity contribution < 1.29 is 14.3 Å². The average molecular weight is 369 g/mol. The predicted molar refractivity (Wildman–Crippen MR) is 100 cm³/mol. The lowest BCUT2D eigenvalue weighted by Crippen LogP contribution is -2.44. The van der Waals surface area contributed by atoms with E-state index in [2.05, 4.69) is 10.3 Å². The van der Waals surface area contributed by atoms with Crippen molar-refractivity contribution in [3.8, 4) is 0 Å². The fourth-order valence-corrected chi connectivity index (χ4v) is 2.48. The SMILES string of the molecule is CCOC(=O)N=C(N(C)C)N(C)C(=O)Nc1ccc(C(C)C)c(Cl)c1. The van der Waals surface area contributed by atoms with Gasteiger partial charge in [-0.25, -0.2) is 9.59 Å². The highest BCUT2D eigenvalue weighted by atomic mass is 35.5. The van der Waals surface area contributed by atoms with Gasteiger partial charge < -0.3 is 15.0 Å². The van der Waals surface area contributed by atoms with Crippen molar-refractivity contribution in [1.29, 1.82) is 0 Å². The molecule has 25 heavy (non-hydrogen) atoms. The Kier molecular flexibility index (Phi) is 7.70. The van der Waals surface area contributed by atoms with Crippen molar-refractivity contribution in [2.75, 3.05) is 33.1 Å². The summed E-state index contributed by atoms with van der Waals surface area (Å²) in [6, 6.07) is 4.90. The van der Waals surface area contributed by atoms with Crippen LogP contribution < -0.4 is 5.32 Å². The predicted octanol–water partition coefficient (Wildman–Crippen LogP) is 4.00. The van der Waals surface area contributed by atoms with Gasteiger partial charge in [0.1, 0.15) is 0 Å². The van der Waals surface area contributed by atoms with E-state index in [1.165, 1.54) is 11.9 Å². The smallest absolute Gasteiger partial charge is 0.436 e. The van der Waals surface area contributed by atoms with E-state index in [0.29, 0.717) is 10.7 Å². The highest BCUT2D eigenvalue weighted by Crippen LogP contribution is 2.27. The minimum Gasteiger partial charge on any atom is -0.448 e. The van der Waals surface area contributed by atoms with Crippen LogP contribution in [0, 0.1) is 0 Å². The third kappa shape index (κ3) is 5.94. The number of rotatable bonds is 3. The first-order valence-electron chi connectivity index (χ1n) is 7.94. The van der Waals surface area contributed by atoms with E-state index >= 15 is 0 Å². The highest BCUT2D eigenvalue weighted by molar-refractivity contribution is 6.31. The van der Waals surface area contributed by atoms with Gasteiger partial charge in [0.15, 0.2) is 0 Å². The Morgan fingerprint density at radius 1 is 1.28 bits per heavy atom. The van der Waals surface area contributed by atoms with E-state index in [1.54, 1.807) is 38.1 Å². The largest absolute Gasteiger partial charge is 0.448 e. The maximum absolute atomic E-state index is 12.4. The number of nitrogens with zero attached hydrogens (tertiary/aromatic N) is 3. The summed E-state index contributed by atoms with van der Waals surface area (Å²) in [6.07, 6.45) is -0.754. The van der Waals surface area contributed by atoms with Crippen LogP contribution in [-0.2, 0) is 4.74 Å². The summed E-state index contributed by atoms with van der Waals surface area (Å²) < 4.78 is 4.79. The van der Waals surface area contributed by atoms with Crippen LogP contribution in [0.2, 0.25) is 5.02 Å². The van der Waals surface area contributed by atoms with Crippen LogP contribution in [0.15, 0.2) is 23.2 Å². The van der Waals surface area contributed by atoms with Gasteiger partial charge in [-0.15, -0.1) is 4.99 Å². The van der Waals surface area contributed by atoms with Gasteiger partial charge in [-0.05, 0) is 30.5 Å². The molecule has 0 atom stereocenters. The molecule has 0 unspecified atom stereocenters. The van der Waals surface area contributed by atoms with Crippen LogP contribution in [-0.4, -0.2) is 55.6 Å². The molecule has 3 amide bonds. The lowest BCUT2D eigenvalue weighted by Gasteiger charge is -2.24. The van der Waals surface area contributed by atoms with E-state index < -0.39 is 12.1 Å². The molecule has 0 fully saturated rings. The summed E-state index contributed by atoms with van der Waals surface area (Å²) >= 11 is 6.25. The average Bonchev–Trinajstić information content (AvgIpc) is 2.51. The molecule has 0 aliphatic carbocycles. The maximum Gasteiger partial charge on any atom is 0.436 e. The molecule has 0 saturated carbocycles. The molecule has 0 spiro atoms. The van der Waals surface area contributed by atoms with E-state index in [0.717, 1.165) is 5.56 Å². The number of carbonyl (C=O) groups is 2. The Morgan fingerprint density at radius 3 is 2.40 bits per heavy atom. The van der Waals surface area contributed by atoms with Crippen molar-refractivity contribution >= 4 is 35.4 Å². The first-order chi connectivity index (χ1) is 11.7. The Balaban J connectivity index is 2.94. The Morgan fingerprint density at radius 2 is 1.92 bits per heavy atom. The lowest BCUT2D eigenvalue weighted by molar-refractivity contribution is 0.162. The van der Waals surface area contributed by atoms with Gasteiger partial charge >= 0.3 is 12.1 Å². The van der Waals surface area contributed by atoms with E-state index in [-0.39, 0.29) is 18.5 Å². The molecule has 0 radical (unpaired) electrons. The first kappa shape index (κ1) is 20.8. The third-order valence-electron chi connectivity index (χ3n) is 3.34. The van der Waals surface area contributed by atoms with Crippen LogP contribution in [0.25, 0.3) is 0 Å². The number of guanidine groups is 1. The van der Waals surface area contributed by atoms with Gasteiger partial charge in [0.05, 0.1) is 6.61 Å². The zero-order valence-corrected chi connectivity index (χ0v) is 16.2. The molecule has 1 aromatic rings. The summed E-state index contributed by atoms with van der Waals surface area (Å²) in [4.78, 5) is 30.6. The van der Waals surface area contributed by atoms with Gasteiger partial charge in [-0.2, -0.15) is 0 Å². The summed E-state index contributed by atoms with van der Waals surface area (Å²) in [6.45, 7) is 5.98. The molecule has 138 valence electrons. The number of nitrogens with one attached hydrogen (secondary N) is 1. The van der Waals surface area contributed by atoms with Crippen molar-refractivity contribution in [1.82, 2.24) is 9.80 Å². The number of hydrogen-bond donors (Lipinski definition) is 1. The monoisotopic (exact) mass is 368 g/mol. The van der Waals surface area contributed by atoms with Crippen molar-refractivity contribution in [2.24, 2.45) is 4.99 Å². The van der Waals surface area contributed by atoms with Gasteiger partial charge in [0.25, 0.3) is 0 Å². The molecular formula is C17H25ClN4O3. The molecule has 1 N–H and O–H groups in total. The molecule has 1 aromatic carbocycles. The topological polar surface area (TPSA) is 74.2 Å². The summed E-state index contributed by atoms with van der Waals surface area (Å²) in [5.41, 5.74) is 1.56. The normalized spacial score (nSPS) is 11.3. The molecule has 0 aliphatic heterocycles. The highest BCUT2D eigenvalue weighted by Gasteiger charge is 2.19. The number of benzene rings is 1. The number of ether oxygens (including phenoxy) is 1. The van der Waals surface area contributed by atoms with E-state index in [9.17, 15) is 9.59 Å². The Bertz CT molecular complexity index is 659. The summed E-state index contributed by atoms with van der Waals surface area (Å²) in [7, 11) is 4.86. The summed E-state index contributed by atoms with van der Waals surface area (Å²) in [5.74, 6) is 0.442. The van der Waals surface area contributed by atoms with Gasteiger partial charge in [-0.3, -0.25) is 4.90 Å². The molecule has 0 heterocycles. The number of amides is 3. The number of aliphatic imine (C=N–C) groups is 1. The van der Waals surface area contributed by atoms with E-state index in [4.69, 9.17) is 16.3 Å². The van der Waals surface area contributed by atoms with Crippen LogP contribution in [0.1, 0.15) is 32.3 Å². The minimum atomic E-state index is -0.754. The number of carbonyl (C=O) groups excluding carboxylic acids is 2. The fourth-order valence-electron chi connectivity index (χ4n) is 2.08. The second kappa shape index (κ2) is 9.27. The van der Waals surface area contributed by atoms with Crippen LogP contribution in [0.4, 0.5) is 15.3 Å². The quantitative estimate of drug-likeness (QED) is 0.646. The number of urea groups is 1. The molecule has 0 saturated heterocycles. The summed E-state index contributed by atoms with van der Waals surface area (Å²) in [5, 5.41) is 3.32. The molecule has 1 rings (SSSR count). The lowest BCUT2D eigenvalue weighted by atomic mass is 10.0. The number of hydrogen-bond acceptors (Lipinski definition) is 3. The van der Waals surface area contributed by atoms with Gasteiger partial charge in [0, 0.05) is 31.9 Å². The first-order valence-corrected chi connectivity index (χ1v) is 8.32.